The van der Waals surface area contributed by atoms with Crippen molar-refractivity contribution in [3.8, 4) is 5.75 Å². The third-order valence-corrected chi connectivity index (χ3v) is 3.71. The molecule has 2 rings (SSSR count). The number of nitrogens with zero attached hydrogens (tertiary/aromatic N) is 1. The van der Waals surface area contributed by atoms with Crippen LogP contribution in [0.4, 0.5) is 0 Å². The van der Waals surface area contributed by atoms with Crippen LogP contribution in [0, 0.1) is 0 Å². The average molecular weight is 378 g/mol. The lowest BCUT2D eigenvalue weighted by molar-refractivity contribution is 0.0655. The molecule has 1 atom stereocenters. The largest absolute Gasteiger partial charge is 0.491 e. The van der Waals surface area contributed by atoms with Gasteiger partial charge in [0, 0.05) is 35.7 Å². The second-order valence-electron chi connectivity index (χ2n) is 5.39. The molecule has 1 fully saturated rings. The summed E-state index contributed by atoms with van der Waals surface area (Å²) in [6.07, 6.45) is 0.0883. The van der Waals surface area contributed by atoms with Crippen LogP contribution in [0.25, 0.3) is 0 Å². The highest BCUT2D eigenvalue weighted by atomic mass is 79.9. The maximum Gasteiger partial charge on any atom is 0.254 e. The number of rotatable bonds is 3. The third kappa shape index (κ3) is 4.87. The quantitative estimate of drug-likeness (QED) is 0.880. The van der Waals surface area contributed by atoms with Gasteiger partial charge in [-0.2, -0.15) is 0 Å². The summed E-state index contributed by atoms with van der Waals surface area (Å²) in [5.74, 6) is 0.786. The van der Waals surface area contributed by atoms with Gasteiger partial charge in [0.15, 0.2) is 0 Å². The predicted octanol–water partition coefficient (Wildman–Crippen LogP) is 3.09. The number of hydrogen-bond donors (Lipinski definition) is 1. The molecule has 0 bridgehead atoms. The number of ether oxygens (including phenoxy) is 1. The van der Waals surface area contributed by atoms with Gasteiger partial charge in [0.05, 0.1) is 6.10 Å². The van der Waals surface area contributed by atoms with Gasteiger partial charge in [-0.05, 0) is 39.0 Å². The number of nitrogens with one attached hydrogen (secondary N) is 1. The molecule has 118 valence electrons. The number of carbonyl (C=O) groups is 1. The maximum absolute atomic E-state index is 12.6. The van der Waals surface area contributed by atoms with Crippen LogP contribution in [-0.2, 0) is 0 Å². The lowest BCUT2D eigenvalue weighted by Gasteiger charge is -2.34. The second kappa shape index (κ2) is 8.01. The molecule has 1 aromatic rings. The van der Waals surface area contributed by atoms with Crippen LogP contribution < -0.4 is 10.1 Å². The number of carbonyl (C=O) groups excluding carboxylic acids is 1. The zero-order valence-corrected chi connectivity index (χ0v) is 15.0. The highest BCUT2D eigenvalue weighted by Gasteiger charge is 2.24. The Hall–Kier alpha value is -0.780. The first-order chi connectivity index (χ1) is 9.47. The van der Waals surface area contributed by atoms with Crippen molar-refractivity contribution in [2.24, 2.45) is 0 Å². The van der Waals surface area contributed by atoms with Crippen LogP contribution in [0.2, 0.25) is 0 Å². The van der Waals surface area contributed by atoms with E-state index < -0.39 is 0 Å². The summed E-state index contributed by atoms with van der Waals surface area (Å²) in [6, 6.07) is 5.77. The van der Waals surface area contributed by atoms with E-state index in [-0.39, 0.29) is 30.5 Å². The minimum Gasteiger partial charge on any atom is -0.491 e. The fraction of sp³-hybridized carbons (Fsp3) is 0.533. The molecular formula is C15H22BrClN2O2. The molecule has 1 saturated heterocycles. The van der Waals surface area contributed by atoms with Crippen molar-refractivity contribution in [2.45, 2.75) is 32.9 Å². The summed E-state index contributed by atoms with van der Waals surface area (Å²) < 4.78 is 6.55. The van der Waals surface area contributed by atoms with Gasteiger partial charge in [-0.15, -0.1) is 12.4 Å². The summed E-state index contributed by atoms with van der Waals surface area (Å²) in [6.45, 7) is 8.44. The first-order valence-corrected chi connectivity index (χ1v) is 7.75. The minimum absolute atomic E-state index is 0. The second-order valence-corrected chi connectivity index (χ2v) is 6.31. The normalized spacial score (nSPS) is 18.3. The van der Waals surface area contributed by atoms with Crippen molar-refractivity contribution in [3.63, 3.8) is 0 Å². The van der Waals surface area contributed by atoms with E-state index in [9.17, 15) is 4.79 Å². The van der Waals surface area contributed by atoms with E-state index in [1.807, 2.05) is 36.9 Å². The van der Waals surface area contributed by atoms with Crippen molar-refractivity contribution in [1.82, 2.24) is 10.2 Å². The number of hydrogen-bond acceptors (Lipinski definition) is 3. The zero-order valence-electron chi connectivity index (χ0n) is 12.6. The van der Waals surface area contributed by atoms with E-state index in [1.165, 1.54) is 0 Å². The molecule has 0 aromatic heterocycles. The first-order valence-electron chi connectivity index (χ1n) is 6.96. The summed E-state index contributed by atoms with van der Waals surface area (Å²) in [5.41, 5.74) is 0.670. The molecule has 1 N–H and O–H groups in total. The van der Waals surface area contributed by atoms with Crippen LogP contribution in [0.15, 0.2) is 22.7 Å². The Morgan fingerprint density at radius 1 is 1.43 bits per heavy atom. The first kappa shape index (κ1) is 18.3. The zero-order chi connectivity index (χ0) is 14.7. The standard InChI is InChI=1S/C15H21BrN2O2.ClH/c1-10(2)20-14-7-12(6-13(16)8-14)15(19)18-5-4-17-9-11(18)3;/h6-8,10-11,17H,4-5,9H2,1-3H3;1H. The molecule has 1 aliphatic rings. The minimum atomic E-state index is 0. The van der Waals surface area contributed by atoms with Gasteiger partial charge >= 0.3 is 0 Å². The molecular weight excluding hydrogens is 356 g/mol. The van der Waals surface area contributed by atoms with E-state index in [0.717, 1.165) is 29.9 Å². The van der Waals surface area contributed by atoms with E-state index in [1.54, 1.807) is 0 Å². The molecule has 1 aliphatic heterocycles. The van der Waals surface area contributed by atoms with E-state index >= 15 is 0 Å². The molecule has 1 aromatic carbocycles. The van der Waals surface area contributed by atoms with Gasteiger partial charge < -0.3 is 15.0 Å². The molecule has 0 spiro atoms. The van der Waals surface area contributed by atoms with Crippen molar-refractivity contribution < 1.29 is 9.53 Å². The number of amides is 1. The van der Waals surface area contributed by atoms with Gasteiger partial charge in [-0.1, -0.05) is 15.9 Å². The molecule has 1 heterocycles. The Balaban J connectivity index is 0.00000220. The van der Waals surface area contributed by atoms with Crippen LogP contribution in [-0.4, -0.2) is 42.6 Å². The highest BCUT2D eigenvalue weighted by Crippen LogP contribution is 2.24. The fourth-order valence-electron chi connectivity index (χ4n) is 2.33. The van der Waals surface area contributed by atoms with E-state index in [4.69, 9.17) is 4.74 Å². The topological polar surface area (TPSA) is 41.6 Å². The molecule has 21 heavy (non-hydrogen) atoms. The Morgan fingerprint density at radius 2 is 2.14 bits per heavy atom. The summed E-state index contributed by atoms with van der Waals surface area (Å²) in [7, 11) is 0. The molecule has 6 heteroatoms. The maximum atomic E-state index is 12.6. The molecule has 0 saturated carbocycles. The van der Waals surface area contributed by atoms with Gasteiger partial charge in [0.25, 0.3) is 5.91 Å². The number of benzene rings is 1. The summed E-state index contributed by atoms with van der Waals surface area (Å²) in [5, 5.41) is 3.29. The lowest BCUT2D eigenvalue weighted by Crippen LogP contribution is -2.52. The van der Waals surface area contributed by atoms with Gasteiger partial charge in [0.1, 0.15) is 5.75 Å². The average Bonchev–Trinajstić information content (AvgIpc) is 2.37. The monoisotopic (exact) mass is 376 g/mol. The molecule has 1 amide bonds. The number of halogens is 2. The lowest BCUT2D eigenvalue weighted by atomic mass is 10.1. The van der Waals surface area contributed by atoms with Crippen molar-refractivity contribution >= 4 is 34.2 Å². The molecule has 1 unspecified atom stereocenters. The molecule has 4 nitrogen and oxygen atoms in total. The fourth-order valence-corrected chi connectivity index (χ4v) is 2.81. The molecule has 0 radical (unpaired) electrons. The van der Waals surface area contributed by atoms with Crippen molar-refractivity contribution in [3.05, 3.63) is 28.2 Å². The third-order valence-electron chi connectivity index (χ3n) is 3.25. The summed E-state index contributed by atoms with van der Waals surface area (Å²) >= 11 is 3.45. The Morgan fingerprint density at radius 3 is 2.76 bits per heavy atom. The predicted molar refractivity (Wildman–Crippen MR) is 90.5 cm³/mol. The van der Waals surface area contributed by atoms with E-state index in [0.29, 0.717) is 5.56 Å². The van der Waals surface area contributed by atoms with Crippen LogP contribution in [0.5, 0.6) is 5.75 Å². The highest BCUT2D eigenvalue weighted by molar-refractivity contribution is 9.10. The Labute approximate surface area is 140 Å². The number of piperazine rings is 1. The van der Waals surface area contributed by atoms with Gasteiger partial charge in [0.2, 0.25) is 0 Å². The molecule has 0 aliphatic carbocycles. The SMILES string of the molecule is CC(C)Oc1cc(Br)cc(C(=O)N2CCNCC2C)c1.Cl. The van der Waals surface area contributed by atoms with Crippen molar-refractivity contribution in [2.75, 3.05) is 19.6 Å². The smallest absolute Gasteiger partial charge is 0.254 e. The van der Waals surface area contributed by atoms with Crippen molar-refractivity contribution in [1.29, 1.82) is 0 Å². The Kier molecular flexibility index (Phi) is 6.97. The van der Waals surface area contributed by atoms with Crippen LogP contribution in [0.1, 0.15) is 31.1 Å². The Bertz CT molecular complexity index is 497. The van der Waals surface area contributed by atoms with Gasteiger partial charge in [-0.25, -0.2) is 0 Å². The summed E-state index contributed by atoms with van der Waals surface area (Å²) in [4.78, 5) is 14.5. The van der Waals surface area contributed by atoms with Gasteiger partial charge in [-0.3, -0.25) is 4.79 Å². The van der Waals surface area contributed by atoms with Crippen LogP contribution in [0.3, 0.4) is 0 Å². The van der Waals surface area contributed by atoms with Crippen LogP contribution >= 0.6 is 28.3 Å². The van der Waals surface area contributed by atoms with E-state index in [2.05, 4.69) is 28.2 Å².